The highest BCUT2D eigenvalue weighted by Crippen LogP contribution is 2.29. The fourth-order valence-electron chi connectivity index (χ4n) is 4.44. The molecule has 1 aromatic rings. The third kappa shape index (κ3) is 4.96. The summed E-state index contributed by atoms with van der Waals surface area (Å²) < 4.78 is 32.4. The molecule has 5 nitrogen and oxygen atoms in total. The molecule has 150 valence electrons. The topological polar surface area (TPSA) is 53.6 Å². The summed E-state index contributed by atoms with van der Waals surface area (Å²) in [6.07, 6.45) is 1.23. The minimum absolute atomic E-state index is 0.0567. The van der Waals surface area contributed by atoms with Crippen molar-refractivity contribution in [3.8, 4) is 0 Å². The second-order valence-electron chi connectivity index (χ2n) is 8.93. The van der Waals surface area contributed by atoms with E-state index in [4.69, 9.17) is 4.74 Å². The van der Waals surface area contributed by atoms with Crippen molar-refractivity contribution in [1.29, 1.82) is 0 Å². The standard InChI is InChI=1S/C20H29F2N3O2/c1-19(2)10-14(11-20(3,4)24-19)23-18(26)25-7-8-27-17(12-25)13-5-6-15(21)16(22)9-13/h5-6,9,14,17,24H,7-8,10-12H2,1-4H3,(H,23,26). The number of urea groups is 1. The number of hydrogen-bond acceptors (Lipinski definition) is 3. The van der Waals surface area contributed by atoms with Gasteiger partial charge in [-0.1, -0.05) is 6.07 Å². The van der Waals surface area contributed by atoms with E-state index in [2.05, 4.69) is 38.3 Å². The Morgan fingerprint density at radius 1 is 1.19 bits per heavy atom. The highest BCUT2D eigenvalue weighted by Gasteiger charge is 2.39. The smallest absolute Gasteiger partial charge is 0.317 e. The zero-order valence-corrected chi connectivity index (χ0v) is 16.4. The summed E-state index contributed by atoms with van der Waals surface area (Å²) >= 11 is 0. The molecule has 0 radical (unpaired) electrons. The molecular formula is C20H29F2N3O2. The van der Waals surface area contributed by atoms with Crippen LogP contribution in [0.3, 0.4) is 0 Å². The quantitative estimate of drug-likeness (QED) is 0.826. The first kappa shape index (κ1) is 20.0. The van der Waals surface area contributed by atoms with Gasteiger partial charge in [0.15, 0.2) is 11.6 Å². The number of hydrogen-bond donors (Lipinski definition) is 2. The van der Waals surface area contributed by atoms with E-state index in [1.807, 2.05) is 0 Å². The second-order valence-corrected chi connectivity index (χ2v) is 8.93. The first-order valence-electron chi connectivity index (χ1n) is 9.46. The molecule has 0 aromatic heterocycles. The summed E-state index contributed by atoms with van der Waals surface area (Å²) in [7, 11) is 0. The number of carbonyl (C=O) groups is 1. The third-order valence-corrected chi connectivity index (χ3v) is 5.19. The van der Waals surface area contributed by atoms with Gasteiger partial charge in [0, 0.05) is 23.7 Å². The lowest BCUT2D eigenvalue weighted by Crippen LogP contribution is -2.63. The Bertz CT molecular complexity index is 692. The number of nitrogens with zero attached hydrogens (tertiary/aromatic N) is 1. The van der Waals surface area contributed by atoms with Crippen molar-refractivity contribution >= 4 is 6.03 Å². The normalized spacial score (nSPS) is 25.3. The van der Waals surface area contributed by atoms with E-state index in [1.165, 1.54) is 6.07 Å². The van der Waals surface area contributed by atoms with Crippen LogP contribution in [-0.2, 0) is 4.74 Å². The molecule has 3 rings (SSSR count). The summed E-state index contributed by atoms with van der Waals surface area (Å²) in [5.74, 6) is -1.79. The zero-order valence-electron chi connectivity index (χ0n) is 16.4. The molecule has 2 amide bonds. The number of nitrogens with one attached hydrogen (secondary N) is 2. The molecule has 2 N–H and O–H groups in total. The van der Waals surface area contributed by atoms with Crippen LogP contribution in [-0.4, -0.2) is 47.7 Å². The van der Waals surface area contributed by atoms with Crippen molar-refractivity contribution in [3.05, 3.63) is 35.4 Å². The minimum atomic E-state index is -0.906. The lowest BCUT2D eigenvalue weighted by molar-refractivity contribution is -0.0165. The molecule has 7 heteroatoms. The van der Waals surface area contributed by atoms with Crippen molar-refractivity contribution in [1.82, 2.24) is 15.5 Å². The molecule has 0 bridgehead atoms. The summed E-state index contributed by atoms with van der Waals surface area (Å²) in [5, 5.41) is 6.75. The number of benzene rings is 1. The number of amides is 2. The largest absolute Gasteiger partial charge is 0.370 e. The van der Waals surface area contributed by atoms with E-state index in [1.54, 1.807) is 4.90 Å². The van der Waals surface area contributed by atoms with Crippen LogP contribution < -0.4 is 10.6 Å². The Labute approximate surface area is 159 Å². The molecule has 2 fully saturated rings. The van der Waals surface area contributed by atoms with E-state index >= 15 is 0 Å². The maximum Gasteiger partial charge on any atom is 0.317 e. The lowest BCUT2D eigenvalue weighted by Gasteiger charge is -2.47. The van der Waals surface area contributed by atoms with Crippen molar-refractivity contribution in [2.75, 3.05) is 19.7 Å². The summed E-state index contributed by atoms with van der Waals surface area (Å²) in [6.45, 7) is 9.71. The molecule has 1 aromatic carbocycles. The molecule has 2 heterocycles. The average Bonchev–Trinajstić information content (AvgIpc) is 2.54. The van der Waals surface area contributed by atoms with Gasteiger partial charge in [0.25, 0.3) is 0 Å². The Kier molecular flexibility index (Phi) is 5.45. The fraction of sp³-hybridized carbons (Fsp3) is 0.650. The summed E-state index contributed by atoms with van der Waals surface area (Å²) in [6, 6.07) is 3.67. The molecule has 2 aliphatic heterocycles. The third-order valence-electron chi connectivity index (χ3n) is 5.19. The van der Waals surface area contributed by atoms with Crippen LogP contribution in [0.4, 0.5) is 13.6 Å². The number of carbonyl (C=O) groups excluding carboxylic acids is 1. The predicted octanol–water partition coefficient (Wildman–Crippen LogP) is 3.36. The Morgan fingerprint density at radius 2 is 1.85 bits per heavy atom. The molecular weight excluding hydrogens is 352 g/mol. The van der Waals surface area contributed by atoms with Gasteiger partial charge < -0.3 is 20.3 Å². The maximum absolute atomic E-state index is 13.5. The number of halogens is 2. The van der Waals surface area contributed by atoms with Crippen molar-refractivity contribution in [3.63, 3.8) is 0 Å². The molecule has 0 saturated carbocycles. The Morgan fingerprint density at radius 3 is 2.48 bits per heavy atom. The molecule has 2 saturated heterocycles. The van der Waals surface area contributed by atoms with Crippen molar-refractivity contribution in [2.24, 2.45) is 0 Å². The van der Waals surface area contributed by atoms with Gasteiger partial charge in [-0.05, 0) is 58.2 Å². The Balaban J connectivity index is 1.63. The van der Waals surface area contributed by atoms with Gasteiger partial charge in [0.2, 0.25) is 0 Å². The lowest BCUT2D eigenvalue weighted by atomic mass is 9.79. The average molecular weight is 381 g/mol. The van der Waals surface area contributed by atoms with Crippen LogP contribution in [0, 0.1) is 11.6 Å². The van der Waals surface area contributed by atoms with Gasteiger partial charge >= 0.3 is 6.03 Å². The van der Waals surface area contributed by atoms with Gasteiger partial charge in [0.1, 0.15) is 6.10 Å². The minimum Gasteiger partial charge on any atom is -0.370 e. The highest BCUT2D eigenvalue weighted by molar-refractivity contribution is 5.74. The summed E-state index contributed by atoms with van der Waals surface area (Å²) in [5.41, 5.74) is 0.424. The SMILES string of the molecule is CC1(C)CC(NC(=O)N2CCOC(c3ccc(F)c(F)c3)C2)CC(C)(C)N1. The molecule has 1 unspecified atom stereocenters. The van der Waals surface area contributed by atoms with E-state index in [0.29, 0.717) is 25.3 Å². The maximum atomic E-state index is 13.5. The first-order valence-corrected chi connectivity index (χ1v) is 9.46. The summed E-state index contributed by atoms with van der Waals surface area (Å²) in [4.78, 5) is 14.5. The van der Waals surface area contributed by atoms with Crippen LogP contribution in [0.1, 0.15) is 52.2 Å². The van der Waals surface area contributed by atoms with Crippen LogP contribution in [0.2, 0.25) is 0 Å². The molecule has 2 aliphatic rings. The molecule has 27 heavy (non-hydrogen) atoms. The molecule has 0 spiro atoms. The van der Waals surface area contributed by atoms with E-state index in [9.17, 15) is 13.6 Å². The second kappa shape index (κ2) is 7.36. The van der Waals surface area contributed by atoms with Crippen molar-refractivity contribution < 1.29 is 18.3 Å². The number of rotatable bonds is 2. The Hall–Kier alpha value is -1.73. The van der Waals surface area contributed by atoms with E-state index < -0.39 is 17.7 Å². The highest BCUT2D eigenvalue weighted by atomic mass is 19.2. The molecule has 1 atom stereocenters. The number of ether oxygens (including phenoxy) is 1. The predicted molar refractivity (Wildman–Crippen MR) is 99.5 cm³/mol. The van der Waals surface area contributed by atoms with Crippen molar-refractivity contribution in [2.45, 2.75) is 63.8 Å². The van der Waals surface area contributed by atoms with Gasteiger partial charge in [-0.2, -0.15) is 0 Å². The van der Waals surface area contributed by atoms with Gasteiger partial charge in [-0.3, -0.25) is 0 Å². The molecule has 0 aliphatic carbocycles. The van der Waals surface area contributed by atoms with Gasteiger partial charge in [-0.25, -0.2) is 13.6 Å². The zero-order chi connectivity index (χ0) is 19.8. The van der Waals surface area contributed by atoms with Gasteiger partial charge in [0.05, 0.1) is 13.2 Å². The van der Waals surface area contributed by atoms with Crippen LogP contribution in [0.15, 0.2) is 18.2 Å². The fourth-order valence-corrected chi connectivity index (χ4v) is 4.44. The van der Waals surface area contributed by atoms with Crippen LogP contribution in [0.5, 0.6) is 0 Å². The van der Waals surface area contributed by atoms with E-state index in [-0.39, 0.29) is 23.2 Å². The monoisotopic (exact) mass is 381 g/mol. The number of piperidine rings is 1. The van der Waals surface area contributed by atoms with Crippen LogP contribution in [0.25, 0.3) is 0 Å². The number of morpholine rings is 1. The first-order chi connectivity index (χ1) is 12.5. The van der Waals surface area contributed by atoms with Gasteiger partial charge in [-0.15, -0.1) is 0 Å². The van der Waals surface area contributed by atoms with Crippen LogP contribution >= 0.6 is 0 Å². The van der Waals surface area contributed by atoms with E-state index in [0.717, 1.165) is 25.0 Å².